The molecule has 1 aromatic carbocycles. The van der Waals surface area contributed by atoms with Gasteiger partial charge in [-0.3, -0.25) is 10.3 Å². The van der Waals surface area contributed by atoms with Crippen molar-refractivity contribution in [2.45, 2.75) is 46.0 Å². The minimum Gasteiger partial charge on any atom is -0.494 e. The van der Waals surface area contributed by atoms with E-state index in [0.717, 1.165) is 58.1 Å². The molecule has 0 fully saturated rings. The van der Waals surface area contributed by atoms with Gasteiger partial charge in [0, 0.05) is 24.2 Å². The molecule has 0 saturated carbocycles. The number of benzene rings is 1. The maximum Gasteiger partial charge on any atom is 0.180 e. The standard InChI is InChI=1S/C25H30N6OS/c1-5-7-28-25-29-15-22(33-25)19-13-20(31-24(30-19)21-14-26-8-9-27-21)23-16(3)11-18(12-17(23)4)32-10-6-2/h8-9,11-15,25,28-29H,5-7,10H2,1-4H3. The summed E-state index contributed by atoms with van der Waals surface area (Å²) in [5.41, 5.74) is 5.83. The van der Waals surface area contributed by atoms with Crippen LogP contribution in [0.4, 0.5) is 0 Å². The summed E-state index contributed by atoms with van der Waals surface area (Å²) in [4.78, 5) is 19.5. The Balaban J connectivity index is 1.75. The third kappa shape index (κ3) is 5.51. The van der Waals surface area contributed by atoms with Crippen LogP contribution >= 0.6 is 11.8 Å². The molecule has 7 nitrogen and oxygen atoms in total. The molecule has 1 unspecified atom stereocenters. The number of hydrogen-bond acceptors (Lipinski definition) is 8. The molecule has 4 rings (SSSR count). The topological polar surface area (TPSA) is 84.9 Å². The summed E-state index contributed by atoms with van der Waals surface area (Å²) in [6, 6.07) is 6.22. The fourth-order valence-corrected chi connectivity index (χ4v) is 4.67. The molecule has 172 valence electrons. The van der Waals surface area contributed by atoms with Crippen LogP contribution in [0.25, 0.3) is 27.7 Å². The summed E-state index contributed by atoms with van der Waals surface area (Å²) in [5, 5.41) is 6.88. The lowest BCUT2D eigenvalue weighted by molar-refractivity contribution is 0.317. The molecule has 0 radical (unpaired) electrons. The Kier molecular flexibility index (Phi) is 7.57. The Morgan fingerprint density at radius 1 is 1.00 bits per heavy atom. The first-order valence-electron chi connectivity index (χ1n) is 11.4. The zero-order chi connectivity index (χ0) is 23.2. The molecular formula is C25H30N6OS. The molecule has 33 heavy (non-hydrogen) atoms. The van der Waals surface area contributed by atoms with Gasteiger partial charge in [-0.05, 0) is 62.6 Å². The van der Waals surface area contributed by atoms with Crippen LogP contribution in [-0.2, 0) is 0 Å². The monoisotopic (exact) mass is 462 g/mol. The van der Waals surface area contributed by atoms with Crippen LogP contribution in [-0.4, -0.2) is 38.6 Å². The summed E-state index contributed by atoms with van der Waals surface area (Å²) in [6.45, 7) is 10.1. The van der Waals surface area contributed by atoms with Crippen molar-refractivity contribution in [3.05, 3.63) is 59.8 Å². The highest BCUT2D eigenvalue weighted by Crippen LogP contribution is 2.36. The minimum absolute atomic E-state index is 0.136. The fraction of sp³-hybridized carbons (Fsp3) is 0.360. The van der Waals surface area contributed by atoms with E-state index >= 15 is 0 Å². The third-order valence-electron chi connectivity index (χ3n) is 5.20. The van der Waals surface area contributed by atoms with E-state index in [1.54, 1.807) is 30.4 Å². The molecule has 0 aliphatic carbocycles. The average Bonchev–Trinajstić information content (AvgIpc) is 3.30. The Hall–Kier alpha value is -2.97. The molecule has 2 aromatic heterocycles. The molecule has 1 aliphatic rings. The lowest BCUT2D eigenvalue weighted by atomic mass is 9.98. The number of rotatable bonds is 9. The summed E-state index contributed by atoms with van der Waals surface area (Å²) < 4.78 is 5.87. The predicted molar refractivity (Wildman–Crippen MR) is 135 cm³/mol. The number of aromatic nitrogens is 4. The highest BCUT2D eigenvalue weighted by atomic mass is 32.2. The predicted octanol–water partition coefficient (Wildman–Crippen LogP) is 4.92. The molecule has 0 bridgehead atoms. The summed E-state index contributed by atoms with van der Waals surface area (Å²) in [7, 11) is 0. The van der Waals surface area contributed by atoms with Crippen molar-refractivity contribution in [3.63, 3.8) is 0 Å². The second-order valence-corrected chi connectivity index (χ2v) is 9.11. The van der Waals surface area contributed by atoms with Gasteiger partial charge in [0.15, 0.2) is 5.82 Å². The van der Waals surface area contributed by atoms with E-state index in [0.29, 0.717) is 18.1 Å². The van der Waals surface area contributed by atoms with E-state index in [-0.39, 0.29) is 5.50 Å². The Labute approximate surface area is 199 Å². The number of aryl methyl sites for hydroxylation is 2. The van der Waals surface area contributed by atoms with E-state index in [1.165, 1.54) is 0 Å². The second kappa shape index (κ2) is 10.8. The van der Waals surface area contributed by atoms with Gasteiger partial charge in [0.2, 0.25) is 0 Å². The van der Waals surface area contributed by atoms with Crippen LogP contribution in [0.2, 0.25) is 0 Å². The summed E-state index contributed by atoms with van der Waals surface area (Å²) in [5.74, 6) is 1.45. The van der Waals surface area contributed by atoms with Crippen LogP contribution in [0.3, 0.4) is 0 Å². The van der Waals surface area contributed by atoms with Crippen LogP contribution in [0.5, 0.6) is 5.75 Å². The number of nitrogens with zero attached hydrogens (tertiary/aromatic N) is 4. The van der Waals surface area contributed by atoms with Crippen LogP contribution in [0.1, 0.15) is 43.5 Å². The molecule has 3 aromatic rings. The fourth-order valence-electron chi connectivity index (χ4n) is 3.72. The number of thioether (sulfide) groups is 1. The van der Waals surface area contributed by atoms with Crippen molar-refractivity contribution >= 4 is 16.7 Å². The zero-order valence-electron chi connectivity index (χ0n) is 19.6. The molecule has 0 amide bonds. The largest absolute Gasteiger partial charge is 0.494 e. The van der Waals surface area contributed by atoms with Gasteiger partial charge in [0.25, 0.3) is 0 Å². The Morgan fingerprint density at radius 2 is 1.79 bits per heavy atom. The van der Waals surface area contributed by atoms with Crippen LogP contribution in [0, 0.1) is 13.8 Å². The van der Waals surface area contributed by atoms with Crippen molar-refractivity contribution in [1.29, 1.82) is 0 Å². The van der Waals surface area contributed by atoms with Gasteiger partial charge in [-0.2, -0.15) is 0 Å². The first-order chi connectivity index (χ1) is 16.1. The van der Waals surface area contributed by atoms with Gasteiger partial charge in [0.05, 0.1) is 29.1 Å². The van der Waals surface area contributed by atoms with E-state index in [4.69, 9.17) is 14.7 Å². The Bertz CT molecular complexity index is 1110. The molecule has 3 heterocycles. The zero-order valence-corrected chi connectivity index (χ0v) is 20.4. The lowest BCUT2D eigenvalue weighted by Crippen LogP contribution is -2.34. The van der Waals surface area contributed by atoms with Crippen molar-refractivity contribution in [2.75, 3.05) is 13.2 Å². The van der Waals surface area contributed by atoms with E-state index < -0.39 is 0 Å². The van der Waals surface area contributed by atoms with Crippen molar-refractivity contribution < 1.29 is 4.74 Å². The summed E-state index contributed by atoms with van der Waals surface area (Å²) >= 11 is 1.72. The van der Waals surface area contributed by atoms with Gasteiger partial charge in [0.1, 0.15) is 16.9 Å². The first-order valence-corrected chi connectivity index (χ1v) is 12.2. The van der Waals surface area contributed by atoms with Gasteiger partial charge < -0.3 is 10.1 Å². The third-order valence-corrected chi connectivity index (χ3v) is 6.32. The molecule has 1 atom stereocenters. The van der Waals surface area contributed by atoms with Crippen LogP contribution < -0.4 is 15.4 Å². The average molecular weight is 463 g/mol. The van der Waals surface area contributed by atoms with Gasteiger partial charge in [-0.1, -0.05) is 25.6 Å². The van der Waals surface area contributed by atoms with Crippen molar-refractivity contribution in [2.24, 2.45) is 0 Å². The quantitative estimate of drug-likeness (QED) is 0.463. The van der Waals surface area contributed by atoms with Crippen molar-refractivity contribution in [1.82, 2.24) is 30.6 Å². The SMILES string of the molecule is CCCNC1NC=C(c2cc(-c3c(C)cc(OCCC)cc3C)nc(-c3cnccn3)n2)S1. The molecular weight excluding hydrogens is 432 g/mol. The summed E-state index contributed by atoms with van der Waals surface area (Å²) in [6.07, 6.45) is 9.10. The van der Waals surface area contributed by atoms with Gasteiger partial charge >= 0.3 is 0 Å². The maximum atomic E-state index is 5.87. The van der Waals surface area contributed by atoms with Gasteiger partial charge in [-0.15, -0.1) is 0 Å². The number of nitrogens with one attached hydrogen (secondary N) is 2. The lowest BCUT2D eigenvalue weighted by Gasteiger charge is -2.15. The highest BCUT2D eigenvalue weighted by molar-refractivity contribution is 8.09. The molecule has 2 N–H and O–H groups in total. The molecule has 0 saturated heterocycles. The highest BCUT2D eigenvalue weighted by Gasteiger charge is 2.22. The molecule has 1 aliphatic heterocycles. The molecule has 0 spiro atoms. The van der Waals surface area contributed by atoms with E-state index in [9.17, 15) is 0 Å². The van der Waals surface area contributed by atoms with Gasteiger partial charge in [-0.25, -0.2) is 15.0 Å². The second-order valence-electron chi connectivity index (χ2n) is 7.96. The van der Waals surface area contributed by atoms with Crippen molar-refractivity contribution in [3.8, 4) is 28.5 Å². The van der Waals surface area contributed by atoms with Crippen LogP contribution in [0.15, 0.2) is 43.0 Å². The first kappa shape index (κ1) is 23.2. The maximum absolute atomic E-state index is 5.87. The Morgan fingerprint density at radius 3 is 2.48 bits per heavy atom. The number of ether oxygens (including phenoxy) is 1. The van der Waals surface area contributed by atoms with E-state index in [2.05, 4.69) is 66.5 Å². The normalized spacial score (nSPS) is 15.3. The minimum atomic E-state index is 0.136. The molecule has 8 heteroatoms. The number of hydrogen-bond donors (Lipinski definition) is 2. The van der Waals surface area contributed by atoms with E-state index in [1.807, 2.05) is 6.20 Å². The smallest absolute Gasteiger partial charge is 0.180 e.